The molecule has 1 aromatic carbocycles. The van der Waals surface area contributed by atoms with E-state index in [0.717, 1.165) is 16.5 Å². The van der Waals surface area contributed by atoms with E-state index in [4.69, 9.17) is 10.8 Å². The van der Waals surface area contributed by atoms with Crippen molar-refractivity contribution in [3.63, 3.8) is 0 Å². The second-order valence-corrected chi connectivity index (χ2v) is 3.51. The van der Waals surface area contributed by atoms with Gasteiger partial charge >= 0.3 is 5.97 Å². The molecule has 0 saturated carbocycles. The summed E-state index contributed by atoms with van der Waals surface area (Å²) in [6.45, 7) is 0. The highest BCUT2D eigenvalue weighted by molar-refractivity contribution is 5.84. The molecule has 0 unspecified atom stereocenters. The number of fused-ring (bicyclic) bond motifs is 1. The van der Waals surface area contributed by atoms with Crippen molar-refractivity contribution in [3.8, 4) is 0 Å². The lowest BCUT2D eigenvalue weighted by atomic mass is 11.1. The summed E-state index contributed by atoms with van der Waals surface area (Å²) >= 11 is 0. The van der Waals surface area contributed by atoms with Crippen molar-refractivity contribution in [2.75, 3.05) is 0 Å². The van der Waals surface area contributed by atoms with E-state index in [1.807, 2.05) is 30.5 Å². The quantitative estimate of drug-likeness (QED) is 0.532. The molecule has 0 spiro atoms. The van der Waals surface area contributed by atoms with Gasteiger partial charge in [0.05, 0.1) is 0 Å². The van der Waals surface area contributed by atoms with Crippen LogP contribution in [0.3, 0.4) is 0 Å². The molecule has 0 fully saturated rings. The summed E-state index contributed by atoms with van der Waals surface area (Å²) in [6.07, 6.45) is 2.16. The number of aromatic nitrogens is 1. The molecule has 0 aliphatic rings. The van der Waals surface area contributed by atoms with E-state index in [-0.39, 0.29) is 0 Å². The van der Waals surface area contributed by atoms with Crippen LogP contribution in [0.2, 0.25) is 0 Å². The first-order chi connectivity index (χ1) is 7.18. The lowest BCUT2D eigenvalue weighted by molar-refractivity contribution is -0.138. The van der Waals surface area contributed by atoms with Crippen LogP contribution in [0.4, 0.5) is 0 Å². The molecule has 78 valence electrons. The van der Waals surface area contributed by atoms with Crippen LogP contribution in [-0.2, 0) is 11.2 Å². The Morgan fingerprint density at radius 3 is 2.93 bits per heavy atom. The molecule has 1 atom stereocenters. The molecule has 0 saturated heterocycles. The first kappa shape index (κ1) is 9.73. The number of carbonyl (C=O) groups is 1. The van der Waals surface area contributed by atoms with Crippen LogP contribution in [0.1, 0.15) is 5.56 Å². The van der Waals surface area contributed by atoms with Crippen molar-refractivity contribution < 1.29 is 9.90 Å². The predicted octanol–water partition coefficient (Wildman–Crippen LogP) is 1.12. The number of carboxylic acid groups (broad SMARTS) is 1. The summed E-state index contributed by atoms with van der Waals surface area (Å²) in [5, 5.41) is 9.75. The zero-order valence-electron chi connectivity index (χ0n) is 8.10. The maximum Gasteiger partial charge on any atom is 0.320 e. The number of carboxylic acids is 1. The fourth-order valence-corrected chi connectivity index (χ4v) is 1.62. The van der Waals surface area contributed by atoms with Crippen LogP contribution in [0.15, 0.2) is 30.5 Å². The molecular formula is C11H12N2O2. The van der Waals surface area contributed by atoms with E-state index in [1.54, 1.807) is 0 Å². The molecular weight excluding hydrogens is 205 g/mol. The SMILES string of the molecule is [15NH2][13C@@H]([13CH2][13c]1[13cH][15nH][13c]2[13cH][13cH][13cH][13cH][13c]12)[13C](=O)O. The molecule has 4 N–H and O–H groups in total. The summed E-state index contributed by atoms with van der Waals surface area (Å²) in [5.41, 5.74) is 7.43. The Bertz CT molecular complexity index is 490. The van der Waals surface area contributed by atoms with Crippen LogP contribution < -0.4 is 5.73 Å². The summed E-state index contributed by atoms with van der Waals surface area (Å²) < 4.78 is 0. The second-order valence-electron chi connectivity index (χ2n) is 3.51. The van der Waals surface area contributed by atoms with Crippen LogP contribution in [0.5, 0.6) is 0 Å². The minimum Gasteiger partial charge on any atom is -0.480 e. The van der Waals surface area contributed by atoms with E-state index in [0.29, 0.717) is 6.42 Å². The lowest BCUT2D eigenvalue weighted by Crippen LogP contribution is -2.32. The summed E-state index contributed by atoms with van der Waals surface area (Å²) in [4.78, 5) is 13.7. The van der Waals surface area contributed by atoms with Gasteiger partial charge in [-0.3, -0.25) is 4.79 Å². The number of hydrogen-bond acceptors (Lipinski definition) is 2. The van der Waals surface area contributed by atoms with Gasteiger partial charge in [0.2, 0.25) is 0 Å². The van der Waals surface area contributed by atoms with Crippen molar-refractivity contribution in [1.29, 1.82) is 0 Å². The normalized spacial score (nSPS) is 12.9. The molecule has 4 heteroatoms. The molecule has 2 rings (SSSR count). The molecule has 0 aliphatic carbocycles. The van der Waals surface area contributed by atoms with E-state index in [2.05, 4.69) is 4.98 Å². The number of benzene rings is 1. The maximum atomic E-state index is 10.6. The highest BCUT2D eigenvalue weighted by Gasteiger charge is 2.14. The van der Waals surface area contributed by atoms with E-state index in [1.165, 1.54) is 0 Å². The fourth-order valence-electron chi connectivity index (χ4n) is 1.62. The highest BCUT2D eigenvalue weighted by atomic mass is 16.5. The topological polar surface area (TPSA) is 79.1 Å². The standard InChI is InChI=1S/C11H12N2O2/c12-9(11(14)15)5-7-6-13-10-4-2-1-3-8(7)10/h1-4,6,9,13H,5,12H2,(H,14,15)/t9-/m0/s1/i1+1,2+1,3+1,4+1,5+1,6+1,7+1,8+1,9+1,10+1,11+1,12+1,13+1. The van der Waals surface area contributed by atoms with Gasteiger partial charge in [0.25, 0.3) is 0 Å². The van der Waals surface area contributed by atoms with Gasteiger partial charge < -0.3 is 15.8 Å². The second kappa shape index (κ2) is 3.74. The predicted molar refractivity (Wildman–Crippen MR) is 57.6 cm³/mol. The van der Waals surface area contributed by atoms with Crippen molar-refractivity contribution in [2.45, 2.75) is 12.5 Å². The molecule has 4 nitrogen and oxygen atoms in total. The van der Waals surface area contributed by atoms with E-state index >= 15 is 0 Å². The summed E-state index contributed by atoms with van der Waals surface area (Å²) in [7, 11) is 0. The van der Waals surface area contributed by atoms with Crippen LogP contribution in [0, 0.1) is 0 Å². The van der Waals surface area contributed by atoms with Gasteiger partial charge in [0.1, 0.15) is 6.04 Å². The Balaban J connectivity index is 2.32. The fraction of sp³-hybridized carbons (Fsp3) is 0.182. The third-order valence-electron chi connectivity index (χ3n) is 2.43. The largest absolute Gasteiger partial charge is 0.480 e. The first-order valence-electron chi connectivity index (χ1n) is 4.72. The number of hydrogen-bond donors (Lipinski definition) is 3. The molecule has 0 amide bonds. The maximum absolute atomic E-state index is 10.6. The molecule has 15 heavy (non-hydrogen) atoms. The third-order valence-corrected chi connectivity index (χ3v) is 2.43. The molecule has 1 heterocycles. The number of aromatic amines is 1. The van der Waals surface area contributed by atoms with Crippen molar-refractivity contribution in [3.05, 3.63) is 36.0 Å². The van der Waals surface area contributed by atoms with Gasteiger partial charge in [-0.2, -0.15) is 0 Å². The number of nitrogens with two attached hydrogens (primary N) is 1. The van der Waals surface area contributed by atoms with Crippen LogP contribution >= 0.6 is 0 Å². The minimum absolute atomic E-state index is 0.347. The summed E-state index contributed by atoms with van der Waals surface area (Å²) in [6, 6.07) is 6.91. The Kier molecular flexibility index (Phi) is 2.43. The van der Waals surface area contributed by atoms with Gasteiger partial charge in [0, 0.05) is 23.5 Å². The molecule has 1 aromatic heterocycles. The van der Waals surface area contributed by atoms with Crippen molar-refractivity contribution in [2.24, 2.45) is 5.73 Å². The first-order valence-corrected chi connectivity index (χ1v) is 4.72. The number of H-pyrrole nitrogens is 1. The number of nitrogens with one attached hydrogen (secondary N) is 1. The Morgan fingerprint density at radius 2 is 2.20 bits per heavy atom. The van der Waals surface area contributed by atoms with Gasteiger partial charge in [-0.25, -0.2) is 0 Å². The van der Waals surface area contributed by atoms with Gasteiger partial charge in [-0.15, -0.1) is 0 Å². The summed E-state index contributed by atoms with van der Waals surface area (Å²) in [5.74, 6) is -0.972. The number of para-hydroxylation sites is 1. The Hall–Kier alpha value is -1.81. The van der Waals surface area contributed by atoms with E-state index < -0.39 is 12.0 Å². The van der Waals surface area contributed by atoms with Gasteiger partial charge in [-0.1, -0.05) is 18.2 Å². The average molecular weight is 217 g/mol. The minimum atomic E-state index is -0.972. The zero-order valence-corrected chi connectivity index (χ0v) is 8.10. The van der Waals surface area contributed by atoms with Crippen LogP contribution in [0.25, 0.3) is 10.9 Å². The zero-order chi connectivity index (χ0) is 10.8. The van der Waals surface area contributed by atoms with Crippen molar-refractivity contribution in [1.82, 2.24) is 4.98 Å². The van der Waals surface area contributed by atoms with E-state index in [9.17, 15) is 4.79 Å². The average Bonchev–Trinajstić information content (AvgIpc) is 2.62. The van der Waals surface area contributed by atoms with Gasteiger partial charge in [-0.05, 0) is 11.6 Å². The number of rotatable bonds is 3. The molecule has 0 aliphatic heterocycles. The lowest BCUT2D eigenvalue weighted by Gasteiger charge is -2.04. The molecule has 0 radical (unpaired) electrons. The smallest absolute Gasteiger partial charge is 0.320 e. The molecule has 2 aromatic rings. The Labute approximate surface area is 86.7 Å². The Morgan fingerprint density at radius 1 is 1.47 bits per heavy atom. The van der Waals surface area contributed by atoms with Crippen molar-refractivity contribution >= 4 is 16.9 Å². The third kappa shape index (κ3) is 1.85. The van der Waals surface area contributed by atoms with Crippen LogP contribution in [-0.4, -0.2) is 22.1 Å². The molecule has 0 bridgehead atoms. The number of aliphatic carboxylic acids is 1. The van der Waals surface area contributed by atoms with Gasteiger partial charge in [0.15, 0.2) is 0 Å². The monoisotopic (exact) mass is 217 g/mol. The highest BCUT2D eigenvalue weighted by Crippen LogP contribution is 2.18.